The van der Waals surface area contributed by atoms with Gasteiger partial charge in [-0.1, -0.05) is 122 Å². The van der Waals surface area contributed by atoms with Gasteiger partial charge in [-0.3, -0.25) is 0 Å². The van der Waals surface area contributed by atoms with Gasteiger partial charge in [-0.25, -0.2) is 0 Å². The van der Waals surface area contributed by atoms with Gasteiger partial charge in [0.2, 0.25) is 0 Å². The first kappa shape index (κ1) is 41.1. The molecular formula is C52H40Cl2GeHf-2. The van der Waals surface area contributed by atoms with Crippen molar-refractivity contribution in [3.63, 3.8) is 0 Å². The first-order chi connectivity index (χ1) is 26.6. The van der Waals surface area contributed by atoms with E-state index >= 15 is 0 Å². The molecule has 0 heterocycles. The first-order valence-corrected chi connectivity index (χ1v) is 31.0. The molecule has 10 aromatic rings. The summed E-state index contributed by atoms with van der Waals surface area (Å²) in [5.74, 6) is 0. The van der Waals surface area contributed by atoms with E-state index in [1.165, 1.54) is 97.7 Å². The van der Waals surface area contributed by atoms with E-state index in [1.54, 1.807) is 8.79 Å². The second-order valence-corrected chi connectivity index (χ2v) is 27.1. The van der Waals surface area contributed by atoms with Gasteiger partial charge >= 0.3 is 101 Å². The van der Waals surface area contributed by atoms with E-state index in [-0.39, 0.29) is 24.8 Å². The van der Waals surface area contributed by atoms with Crippen molar-refractivity contribution in [3.05, 3.63) is 217 Å². The summed E-state index contributed by atoms with van der Waals surface area (Å²) in [5, 5.41) is 10.6. The van der Waals surface area contributed by atoms with Crippen LogP contribution in [0.2, 0.25) is 0 Å². The molecule has 0 saturated heterocycles. The Kier molecular flexibility index (Phi) is 14.0. The summed E-state index contributed by atoms with van der Waals surface area (Å²) in [5.41, 5.74) is 8.11. The molecule has 0 aromatic heterocycles. The SMILES string of the molecule is Cc1[cH-]c2ccccc2c1-c1cccc2ccccc12.Cc1[cH-]c2ccccc2c1-c1cccc2ccccc12.[Cl-].[Cl-].[Hf+2]=[Ge]([c]1ccccc1)[c]1ccccc1. The van der Waals surface area contributed by atoms with E-state index in [4.69, 9.17) is 0 Å². The van der Waals surface area contributed by atoms with E-state index in [0.29, 0.717) is 0 Å². The topological polar surface area (TPSA) is 0 Å². The molecule has 0 aliphatic heterocycles. The number of fused-ring (bicyclic) bond motifs is 4. The fourth-order valence-corrected chi connectivity index (χ4v) is 16.8. The van der Waals surface area contributed by atoms with Crippen molar-refractivity contribution in [2.24, 2.45) is 0 Å². The summed E-state index contributed by atoms with van der Waals surface area (Å²) in [7, 11) is -1.06. The maximum absolute atomic E-state index is 2.29. The molecule has 0 unspecified atom stereocenters. The van der Waals surface area contributed by atoms with Gasteiger partial charge in [0, 0.05) is 0 Å². The third-order valence-electron chi connectivity index (χ3n) is 10.2. The molecular weight excluding hydrogens is 947 g/mol. The quantitative estimate of drug-likeness (QED) is 0.136. The van der Waals surface area contributed by atoms with Gasteiger partial charge in [0.25, 0.3) is 0 Å². The predicted octanol–water partition coefficient (Wildman–Crippen LogP) is 6.72. The van der Waals surface area contributed by atoms with Crippen molar-refractivity contribution in [2.45, 2.75) is 13.8 Å². The van der Waals surface area contributed by atoms with Crippen LogP contribution >= 0.6 is 0 Å². The van der Waals surface area contributed by atoms with Crippen LogP contribution in [-0.4, -0.2) is 10.1 Å². The fourth-order valence-electron chi connectivity index (χ4n) is 7.71. The molecule has 0 amide bonds. The van der Waals surface area contributed by atoms with E-state index < -0.39 is 10.1 Å². The Labute approximate surface area is 358 Å². The van der Waals surface area contributed by atoms with Crippen molar-refractivity contribution >= 4 is 61.9 Å². The van der Waals surface area contributed by atoms with Crippen LogP contribution in [0.3, 0.4) is 0 Å². The zero-order chi connectivity index (χ0) is 36.9. The number of hydrogen-bond donors (Lipinski definition) is 0. The average molecular weight is 987 g/mol. The molecule has 10 rings (SSSR count). The molecule has 272 valence electrons. The number of rotatable bonds is 4. The second kappa shape index (κ2) is 19.1. The minimum atomic E-state index is -1.06. The molecule has 0 atom stereocenters. The monoisotopic (exact) mass is 988 g/mol. The number of benzene rings is 8. The second-order valence-electron chi connectivity index (χ2n) is 13.7. The summed E-state index contributed by atoms with van der Waals surface area (Å²) in [4.78, 5) is 0. The first-order valence-electron chi connectivity index (χ1n) is 18.5. The van der Waals surface area contributed by atoms with Gasteiger partial charge < -0.3 is 24.8 Å². The van der Waals surface area contributed by atoms with Gasteiger partial charge in [0.05, 0.1) is 0 Å². The third kappa shape index (κ3) is 8.73. The van der Waals surface area contributed by atoms with Gasteiger partial charge in [-0.15, -0.1) is 92.3 Å². The molecule has 0 saturated carbocycles. The van der Waals surface area contributed by atoms with Crippen molar-refractivity contribution in [3.8, 4) is 22.3 Å². The molecule has 0 nitrogen and oxygen atoms in total. The molecule has 0 fully saturated rings. The van der Waals surface area contributed by atoms with Crippen LogP contribution in [-0.2, 0) is 21.3 Å². The predicted molar refractivity (Wildman–Crippen MR) is 232 cm³/mol. The number of hydrogen-bond acceptors (Lipinski definition) is 0. The van der Waals surface area contributed by atoms with Gasteiger partial charge in [-0.2, -0.15) is 0 Å². The van der Waals surface area contributed by atoms with Crippen molar-refractivity contribution < 1.29 is 46.1 Å². The zero-order valence-electron chi connectivity index (χ0n) is 31.4. The summed E-state index contributed by atoms with van der Waals surface area (Å²) in [6, 6.07) is 74.2. The van der Waals surface area contributed by atoms with Crippen molar-refractivity contribution in [2.75, 3.05) is 0 Å². The van der Waals surface area contributed by atoms with Crippen LogP contribution in [0.5, 0.6) is 0 Å². The van der Waals surface area contributed by atoms with Crippen LogP contribution in [0, 0.1) is 13.8 Å². The van der Waals surface area contributed by atoms with Crippen molar-refractivity contribution in [1.29, 1.82) is 0 Å². The minimum absolute atomic E-state index is 0. The van der Waals surface area contributed by atoms with Gasteiger partial charge in [-0.05, 0) is 21.5 Å². The maximum atomic E-state index is 2.29. The molecule has 56 heavy (non-hydrogen) atoms. The summed E-state index contributed by atoms with van der Waals surface area (Å²) in [6.45, 7) is 4.41. The standard InChI is InChI=1S/2C20H15.C12H10Ge.2ClH.Hf/c2*1-14-13-16-8-3-5-11-18(16)20(14)19-12-6-9-15-7-2-4-10-17(15)19;1-3-7-11(8-4-1)13-12-9-5-2-6-10-12;;;/h2*2-13H,1H3;1-10H;2*1H;/q2*-1;;;;+2/p-2. The average Bonchev–Trinajstić information content (AvgIpc) is 3.76. The Bertz CT molecular complexity index is 2660. The molecule has 0 aliphatic rings. The summed E-state index contributed by atoms with van der Waals surface area (Å²) in [6.07, 6.45) is 0. The molecule has 0 spiro atoms. The van der Waals surface area contributed by atoms with Crippen LogP contribution in [0.15, 0.2) is 206 Å². The van der Waals surface area contributed by atoms with E-state index in [0.717, 1.165) is 0 Å². The Morgan fingerprint density at radius 3 is 1.09 bits per heavy atom. The Hall–Kier alpha value is -4.51. The summed E-state index contributed by atoms with van der Waals surface area (Å²) < 4.78 is 3.20. The van der Waals surface area contributed by atoms with E-state index in [9.17, 15) is 0 Å². The molecule has 0 bridgehead atoms. The van der Waals surface area contributed by atoms with Crippen molar-refractivity contribution in [1.82, 2.24) is 0 Å². The molecule has 4 heteroatoms. The Balaban J connectivity index is 0.000000142. The third-order valence-corrected chi connectivity index (χ3v) is 24.8. The molecule has 10 aromatic carbocycles. The van der Waals surface area contributed by atoms with Gasteiger partial charge in [0.1, 0.15) is 0 Å². The van der Waals surface area contributed by atoms with E-state index in [1.807, 2.05) is 0 Å². The Morgan fingerprint density at radius 2 is 0.679 bits per heavy atom. The number of aryl methyl sites for hydroxylation is 2. The van der Waals surface area contributed by atoms with Crippen LogP contribution < -0.4 is 33.6 Å². The molecule has 0 radical (unpaired) electrons. The molecule has 0 aliphatic carbocycles. The normalized spacial score (nSPS) is 10.5. The summed E-state index contributed by atoms with van der Waals surface area (Å²) >= 11 is 1.33. The zero-order valence-corrected chi connectivity index (χ0v) is 38.6. The van der Waals surface area contributed by atoms with Gasteiger partial charge in [0.15, 0.2) is 0 Å². The number of halogens is 2. The van der Waals surface area contributed by atoms with Crippen LogP contribution in [0.4, 0.5) is 0 Å². The fraction of sp³-hybridized carbons (Fsp3) is 0.0385. The van der Waals surface area contributed by atoms with Crippen LogP contribution in [0.25, 0.3) is 65.3 Å². The Morgan fingerprint density at radius 1 is 0.357 bits per heavy atom. The van der Waals surface area contributed by atoms with E-state index in [2.05, 4.69) is 220 Å². The van der Waals surface area contributed by atoms with Crippen LogP contribution in [0.1, 0.15) is 11.1 Å². The molecule has 0 N–H and O–H groups in total.